The molecule has 0 atom stereocenters. The van der Waals surface area contributed by atoms with Crippen molar-refractivity contribution in [1.82, 2.24) is 0 Å². The number of nitrogens with one attached hydrogen (secondary N) is 1. The summed E-state index contributed by atoms with van der Waals surface area (Å²) in [7, 11) is 0. The van der Waals surface area contributed by atoms with Crippen molar-refractivity contribution < 1.29 is 13.2 Å². The zero-order valence-electron chi connectivity index (χ0n) is 9.63. The van der Waals surface area contributed by atoms with E-state index in [-0.39, 0.29) is 0 Å². The van der Waals surface area contributed by atoms with Crippen LogP contribution in [0.5, 0.6) is 0 Å². The van der Waals surface area contributed by atoms with Crippen LogP contribution in [0.3, 0.4) is 0 Å². The number of rotatable bonds is 2. The van der Waals surface area contributed by atoms with Gasteiger partial charge in [0, 0.05) is 5.69 Å². The number of anilines is 3. The van der Waals surface area contributed by atoms with Gasteiger partial charge in [-0.25, -0.2) is 0 Å². The van der Waals surface area contributed by atoms with Gasteiger partial charge in [-0.1, -0.05) is 17.7 Å². The second kappa shape index (κ2) is 5.01. The van der Waals surface area contributed by atoms with Crippen LogP contribution in [-0.2, 0) is 6.18 Å². The van der Waals surface area contributed by atoms with Gasteiger partial charge in [-0.2, -0.15) is 13.2 Å². The molecule has 0 bridgehead atoms. The molecular weight excluding hydrogens is 277 g/mol. The number of nitrogens with two attached hydrogens (primary N) is 1. The normalized spacial score (nSPS) is 11.4. The van der Waals surface area contributed by atoms with Gasteiger partial charge in [-0.3, -0.25) is 0 Å². The third-order valence-electron chi connectivity index (χ3n) is 2.53. The monoisotopic (exact) mass is 286 g/mol. The molecule has 0 aliphatic carbocycles. The van der Waals surface area contributed by atoms with Gasteiger partial charge < -0.3 is 11.1 Å². The molecule has 0 unspecified atom stereocenters. The van der Waals surface area contributed by atoms with E-state index in [2.05, 4.69) is 5.32 Å². The molecule has 0 saturated heterocycles. The van der Waals surface area contributed by atoms with Gasteiger partial charge in [0.15, 0.2) is 0 Å². The summed E-state index contributed by atoms with van der Waals surface area (Å²) in [5, 5.41) is 3.30. The van der Waals surface area contributed by atoms with Gasteiger partial charge in [-0.15, -0.1) is 0 Å². The van der Waals surface area contributed by atoms with E-state index in [1.165, 1.54) is 12.1 Å². The van der Waals surface area contributed by atoms with Gasteiger partial charge >= 0.3 is 6.18 Å². The van der Waals surface area contributed by atoms with Crippen molar-refractivity contribution in [2.75, 3.05) is 11.1 Å². The maximum absolute atomic E-state index is 12.4. The summed E-state index contributed by atoms with van der Waals surface area (Å²) in [4.78, 5) is 0. The molecule has 2 aromatic rings. The molecule has 0 aliphatic rings. The molecule has 0 amide bonds. The lowest BCUT2D eigenvalue weighted by Crippen LogP contribution is -2.04. The fourth-order valence-corrected chi connectivity index (χ4v) is 1.79. The fraction of sp³-hybridized carbons (Fsp3) is 0.0769. The molecule has 0 fully saturated rings. The topological polar surface area (TPSA) is 38.0 Å². The molecule has 0 heterocycles. The van der Waals surface area contributed by atoms with E-state index in [9.17, 15) is 13.2 Å². The zero-order chi connectivity index (χ0) is 14.0. The highest BCUT2D eigenvalue weighted by molar-refractivity contribution is 6.34. The Morgan fingerprint density at radius 3 is 2.16 bits per heavy atom. The third kappa shape index (κ3) is 3.12. The minimum atomic E-state index is -4.35. The Hall–Kier alpha value is -1.88. The standard InChI is InChI=1S/C13H10ClF3N2/c14-10-2-1-3-11(18)12(10)19-9-6-4-8(5-7-9)13(15,16)17/h1-7,19H,18H2. The lowest BCUT2D eigenvalue weighted by atomic mass is 10.2. The minimum Gasteiger partial charge on any atom is -0.397 e. The van der Waals surface area contributed by atoms with Crippen LogP contribution >= 0.6 is 11.6 Å². The van der Waals surface area contributed by atoms with Crippen LogP contribution in [0.4, 0.5) is 30.2 Å². The molecule has 0 aliphatic heterocycles. The zero-order valence-corrected chi connectivity index (χ0v) is 10.4. The molecule has 2 nitrogen and oxygen atoms in total. The van der Waals surface area contributed by atoms with Crippen LogP contribution in [0, 0.1) is 0 Å². The van der Waals surface area contributed by atoms with Gasteiger partial charge in [0.05, 0.1) is 22.0 Å². The molecule has 2 aromatic carbocycles. The number of nitrogen functional groups attached to an aromatic ring is 1. The lowest BCUT2D eigenvalue weighted by Gasteiger charge is -2.12. The first-order valence-corrected chi connectivity index (χ1v) is 5.74. The summed E-state index contributed by atoms with van der Waals surface area (Å²) in [6, 6.07) is 9.63. The van der Waals surface area contributed by atoms with Crippen molar-refractivity contribution in [1.29, 1.82) is 0 Å². The maximum Gasteiger partial charge on any atom is 0.416 e. The molecule has 0 saturated carbocycles. The Kier molecular flexibility index (Phi) is 3.57. The van der Waals surface area contributed by atoms with Crippen molar-refractivity contribution in [3.05, 3.63) is 53.1 Å². The first-order valence-electron chi connectivity index (χ1n) is 5.36. The van der Waals surface area contributed by atoms with Crippen LogP contribution in [0.15, 0.2) is 42.5 Å². The van der Waals surface area contributed by atoms with Crippen molar-refractivity contribution in [3.63, 3.8) is 0 Å². The number of alkyl halides is 3. The van der Waals surface area contributed by atoms with Crippen molar-refractivity contribution in [3.8, 4) is 0 Å². The van der Waals surface area contributed by atoms with Crippen molar-refractivity contribution in [2.45, 2.75) is 6.18 Å². The highest BCUT2D eigenvalue weighted by atomic mass is 35.5. The quantitative estimate of drug-likeness (QED) is 0.786. The summed E-state index contributed by atoms with van der Waals surface area (Å²) in [6.07, 6.45) is -4.35. The Balaban J connectivity index is 2.25. The number of hydrogen-bond donors (Lipinski definition) is 2. The second-order valence-electron chi connectivity index (χ2n) is 3.90. The van der Waals surface area contributed by atoms with E-state index in [4.69, 9.17) is 17.3 Å². The summed E-state index contributed by atoms with van der Waals surface area (Å²) < 4.78 is 37.2. The molecule has 0 radical (unpaired) electrons. The van der Waals surface area contributed by atoms with E-state index in [0.717, 1.165) is 12.1 Å². The Labute approximate surface area is 113 Å². The average Bonchev–Trinajstić information content (AvgIpc) is 2.33. The molecule has 100 valence electrons. The second-order valence-corrected chi connectivity index (χ2v) is 4.31. The number of benzene rings is 2. The summed E-state index contributed by atoms with van der Waals surface area (Å²) in [5.41, 5.74) is 6.42. The predicted molar refractivity (Wildman–Crippen MR) is 70.6 cm³/mol. The van der Waals surface area contributed by atoms with E-state index < -0.39 is 11.7 Å². The minimum absolute atomic E-state index is 0.403. The van der Waals surface area contributed by atoms with Gasteiger partial charge in [-0.05, 0) is 36.4 Å². The third-order valence-corrected chi connectivity index (χ3v) is 2.84. The number of hydrogen-bond acceptors (Lipinski definition) is 2. The highest BCUT2D eigenvalue weighted by Gasteiger charge is 2.29. The summed E-state index contributed by atoms with van der Waals surface area (Å²) in [6.45, 7) is 0. The molecule has 2 rings (SSSR count). The Morgan fingerprint density at radius 2 is 1.63 bits per heavy atom. The first kappa shape index (κ1) is 13.5. The van der Waals surface area contributed by atoms with Crippen LogP contribution in [-0.4, -0.2) is 0 Å². The van der Waals surface area contributed by atoms with E-state index >= 15 is 0 Å². The van der Waals surface area contributed by atoms with Crippen molar-refractivity contribution in [2.24, 2.45) is 0 Å². The van der Waals surface area contributed by atoms with Gasteiger partial charge in [0.2, 0.25) is 0 Å². The van der Waals surface area contributed by atoms with Crippen molar-refractivity contribution >= 4 is 28.7 Å². The Bertz CT molecular complexity index is 559. The molecule has 6 heteroatoms. The number of para-hydroxylation sites is 1. The van der Waals surface area contributed by atoms with Gasteiger partial charge in [0.1, 0.15) is 0 Å². The molecule has 3 N–H and O–H groups in total. The van der Waals surface area contributed by atoms with Crippen LogP contribution in [0.25, 0.3) is 0 Å². The van der Waals surface area contributed by atoms with Crippen LogP contribution in [0.2, 0.25) is 5.02 Å². The summed E-state index contributed by atoms with van der Waals surface area (Å²) >= 11 is 5.96. The SMILES string of the molecule is Nc1cccc(Cl)c1Nc1ccc(C(F)(F)F)cc1. The average molecular weight is 287 g/mol. The van der Waals surface area contributed by atoms with E-state index in [0.29, 0.717) is 22.1 Å². The molecular formula is C13H10ClF3N2. The van der Waals surface area contributed by atoms with Crippen LogP contribution in [0.1, 0.15) is 5.56 Å². The number of halogens is 4. The lowest BCUT2D eigenvalue weighted by molar-refractivity contribution is -0.137. The predicted octanol–water partition coefficient (Wildman–Crippen LogP) is 4.68. The Morgan fingerprint density at radius 1 is 1.00 bits per heavy atom. The van der Waals surface area contributed by atoms with Gasteiger partial charge in [0.25, 0.3) is 0 Å². The smallest absolute Gasteiger partial charge is 0.397 e. The largest absolute Gasteiger partial charge is 0.416 e. The molecule has 0 spiro atoms. The van der Waals surface area contributed by atoms with E-state index in [1.54, 1.807) is 18.2 Å². The highest BCUT2D eigenvalue weighted by Crippen LogP contribution is 2.33. The molecule has 19 heavy (non-hydrogen) atoms. The maximum atomic E-state index is 12.4. The first-order chi connectivity index (χ1) is 8.88. The summed E-state index contributed by atoms with van der Waals surface area (Å²) in [5.74, 6) is 0. The van der Waals surface area contributed by atoms with Crippen LogP contribution < -0.4 is 11.1 Å². The fourth-order valence-electron chi connectivity index (χ4n) is 1.56. The molecule has 0 aromatic heterocycles. The van der Waals surface area contributed by atoms with E-state index in [1.807, 2.05) is 0 Å².